The number of unbranched alkanes of at least 4 members (excludes halogenated alkanes) is 3. The Morgan fingerprint density at radius 1 is 1.28 bits per heavy atom. The van der Waals surface area contributed by atoms with E-state index >= 15 is 0 Å². The van der Waals surface area contributed by atoms with Gasteiger partial charge in [0.25, 0.3) is 0 Å². The van der Waals surface area contributed by atoms with Gasteiger partial charge in [0, 0.05) is 6.42 Å². The molecule has 0 unspecified atom stereocenters. The van der Waals surface area contributed by atoms with Crippen molar-refractivity contribution in [2.45, 2.75) is 44.6 Å². The molecule has 0 aromatic rings. The van der Waals surface area contributed by atoms with Crippen LogP contribution in [0.25, 0.3) is 0 Å². The van der Waals surface area contributed by atoms with Gasteiger partial charge in [0.15, 0.2) is 0 Å². The third kappa shape index (κ3) is 9.30. The smallest absolute Gasteiger partial charge is 0.326 e. The maximum atomic E-state index is 11.5. The Balaban J connectivity index is 3.77. The fraction of sp³-hybridized carbons (Fsp3) is 0.833. The maximum Gasteiger partial charge on any atom is 0.326 e. The summed E-state index contributed by atoms with van der Waals surface area (Å²) in [6.07, 6.45) is 6.54. The molecule has 0 aliphatic rings. The Kier molecular flexibility index (Phi) is 10.9. The molecule has 4 N–H and O–H groups in total. The van der Waals surface area contributed by atoms with Gasteiger partial charge in [-0.3, -0.25) is 4.79 Å². The van der Waals surface area contributed by atoms with E-state index in [4.69, 9.17) is 10.8 Å². The van der Waals surface area contributed by atoms with Gasteiger partial charge in [0.05, 0.1) is 0 Å². The van der Waals surface area contributed by atoms with Gasteiger partial charge in [0.1, 0.15) is 6.04 Å². The fourth-order valence-electron chi connectivity index (χ4n) is 1.54. The highest BCUT2D eigenvalue weighted by Crippen LogP contribution is 2.04. The van der Waals surface area contributed by atoms with E-state index < -0.39 is 12.0 Å². The zero-order chi connectivity index (χ0) is 13.8. The van der Waals surface area contributed by atoms with Crippen molar-refractivity contribution in [3.8, 4) is 0 Å². The van der Waals surface area contributed by atoms with Crippen LogP contribution in [-0.4, -0.2) is 41.6 Å². The van der Waals surface area contributed by atoms with Gasteiger partial charge in [-0.2, -0.15) is 11.8 Å². The van der Waals surface area contributed by atoms with Crippen molar-refractivity contribution < 1.29 is 14.7 Å². The topological polar surface area (TPSA) is 92.4 Å². The average molecular weight is 276 g/mol. The first-order chi connectivity index (χ1) is 8.61. The molecule has 0 aromatic carbocycles. The minimum Gasteiger partial charge on any atom is -0.480 e. The van der Waals surface area contributed by atoms with Gasteiger partial charge in [-0.25, -0.2) is 4.79 Å². The first-order valence-corrected chi connectivity index (χ1v) is 7.72. The highest BCUT2D eigenvalue weighted by atomic mass is 32.2. The Morgan fingerprint density at radius 3 is 2.50 bits per heavy atom. The van der Waals surface area contributed by atoms with E-state index in [0.717, 1.165) is 31.4 Å². The van der Waals surface area contributed by atoms with Crippen LogP contribution in [0.1, 0.15) is 38.5 Å². The van der Waals surface area contributed by atoms with Crippen LogP contribution < -0.4 is 11.1 Å². The number of thioether (sulfide) groups is 1. The van der Waals surface area contributed by atoms with Crippen LogP contribution in [0.3, 0.4) is 0 Å². The molecule has 0 aliphatic carbocycles. The first-order valence-electron chi connectivity index (χ1n) is 6.33. The minimum absolute atomic E-state index is 0.170. The third-order valence-corrected chi connectivity index (χ3v) is 3.25. The quantitative estimate of drug-likeness (QED) is 0.493. The Morgan fingerprint density at radius 2 is 1.94 bits per heavy atom. The molecule has 0 rings (SSSR count). The van der Waals surface area contributed by atoms with Gasteiger partial charge in [-0.15, -0.1) is 0 Å². The summed E-state index contributed by atoms with van der Waals surface area (Å²) in [5, 5.41) is 11.5. The molecule has 18 heavy (non-hydrogen) atoms. The molecule has 106 valence electrons. The van der Waals surface area contributed by atoms with Crippen LogP contribution in [0.15, 0.2) is 0 Å². The number of carboxylic acid groups (broad SMARTS) is 1. The highest BCUT2D eigenvalue weighted by Gasteiger charge is 2.18. The van der Waals surface area contributed by atoms with E-state index in [2.05, 4.69) is 5.32 Å². The van der Waals surface area contributed by atoms with E-state index in [9.17, 15) is 9.59 Å². The molecule has 6 heteroatoms. The van der Waals surface area contributed by atoms with Crippen molar-refractivity contribution in [2.24, 2.45) is 5.73 Å². The van der Waals surface area contributed by atoms with E-state index in [0.29, 0.717) is 19.4 Å². The number of nitrogens with two attached hydrogens (primary N) is 1. The normalized spacial score (nSPS) is 12.1. The second-order valence-electron chi connectivity index (χ2n) is 4.19. The largest absolute Gasteiger partial charge is 0.480 e. The molecule has 0 spiro atoms. The van der Waals surface area contributed by atoms with Crippen LogP contribution in [0.4, 0.5) is 0 Å². The lowest BCUT2D eigenvalue weighted by atomic mass is 10.1. The molecule has 0 aliphatic heterocycles. The van der Waals surface area contributed by atoms with Crippen molar-refractivity contribution in [3.63, 3.8) is 0 Å². The molecule has 0 fully saturated rings. The maximum absolute atomic E-state index is 11.5. The summed E-state index contributed by atoms with van der Waals surface area (Å²) in [5.41, 5.74) is 5.37. The lowest BCUT2D eigenvalue weighted by Crippen LogP contribution is -2.41. The molecule has 0 saturated carbocycles. The lowest BCUT2D eigenvalue weighted by Gasteiger charge is -2.13. The summed E-state index contributed by atoms with van der Waals surface area (Å²) in [5.74, 6) is -0.398. The zero-order valence-electron chi connectivity index (χ0n) is 11.0. The summed E-state index contributed by atoms with van der Waals surface area (Å²) >= 11 is 1.57. The van der Waals surface area contributed by atoms with Gasteiger partial charge in [0.2, 0.25) is 5.91 Å². The molecule has 0 radical (unpaired) electrons. The number of nitrogens with one attached hydrogen (secondary N) is 1. The predicted octanol–water partition coefficient (Wildman–Crippen LogP) is 1.22. The van der Waals surface area contributed by atoms with Gasteiger partial charge < -0.3 is 16.2 Å². The van der Waals surface area contributed by atoms with Crippen LogP contribution in [0.5, 0.6) is 0 Å². The fourth-order valence-corrected chi connectivity index (χ4v) is 2.01. The molecular formula is C12H24N2O3S. The summed E-state index contributed by atoms with van der Waals surface area (Å²) in [4.78, 5) is 22.5. The summed E-state index contributed by atoms with van der Waals surface area (Å²) < 4.78 is 0. The zero-order valence-corrected chi connectivity index (χ0v) is 11.8. The Bertz CT molecular complexity index is 249. The van der Waals surface area contributed by atoms with Crippen molar-refractivity contribution in [2.75, 3.05) is 18.6 Å². The van der Waals surface area contributed by atoms with Gasteiger partial charge in [-0.1, -0.05) is 12.8 Å². The number of rotatable bonds is 11. The van der Waals surface area contributed by atoms with E-state index in [1.807, 2.05) is 6.26 Å². The van der Waals surface area contributed by atoms with Gasteiger partial charge in [-0.05, 0) is 37.8 Å². The van der Waals surface area contributed by atoms with Crippen molar-refractivity contribution >= 4 is 23.6 Å². The van der Waals surface area contributed by atoms with E-state index in [1.54, 1.807) is 11.8 Å². The molecule has 0 bridgehead atoms. The van der Waals surface area contributed by atoms with E-state index in [1.165, 1.54) is 0 Å². The Hall–Kier alpha value is -0.750. The predicted molar refractivity (Wildman–Crippen MR) is 74.7 cm³/mol. The standard InChI is InChI=1S/C12H24N2O3S/c1-18-9-7-10(12(16)17)14-11(15)6-4-2-3-5-8-13/h10H,2-9,13H2,1H3,(H,14,15)(H,16,17)/t10-/m0/s1. The lowest BCUT2D eigenvalue weighted by molar-refractivity contribution is -0.141. The van der Waals surface area contributed by atoms with Crippen molar-refractivity contribution in [1.29, 1.82) is 0 Å². The number of aliphatic carboxylic acids is 1. The number of carboxylic acids is 1. The molecule has 0 saturated heterocycles. The van der Waals surface area contributed by atoms with Crippen LogP contribution in [0.2, 0.25) is 0 Å². The number of carbonyl (C=O) groups is 2. The van der Waals surface area contributed by atoms with Crippen LogP contribution in [-0.2, 0) is 9.59 Å². The highest BCUT2D eigenvalue weighted by molar-refractivity contribution is 7.98. The Labute approximate surface area is 113 Å². The number of carbonyl (C=O) groups excluding carboxylic acids is 1. The molecule has 1 atom stereocenters. The summed E-state index contributed by atoms with van der Waals surface area (Å²) in [6, 6.07) is -0.756. The summed E-state index contributed by atoms with van der Waals surface area (Å²) in [6.45, 7) is 0.683. The van der Waals surface area contributed by atoms with E-state index in [-0.39, 0.29) is 5.91 Å². The molecule has 0 aromatic heterocycles. The van der Waals surface area contributed by atoms with Gasteiger partial charge >= 0.3 is 5.97 Å². The third-order valence-electron chi connectivity index (χ3n) is 2.60. The monoisotopic (exact) mass is 276 g/mol. The van der Waals surface area contributed by atoms with Crippen LogP contribution >= 0.6 is 11.8 Å². The van der Waals surface area contributed by atoms with Crippen LogP contribution in [0, 0.1) is 0 Å². The second-order valence-corrected chi connectivity index (χ2v) is 5.18. The second kappa shape index (κ2) is 11.3. The first kappa shape index (κ1) is 17.2. The SMILES string of the molecule is CSCC[C@H](NC(=O)CCCCCCN)C(=O)O. The number of amides is 1. The minimum atomic E-state index is -0.958. The molecule has 0 heterocycles. The number of hydrogen-bond donors (Lipinski definition) is 3. The average Bonchev–Trinajstić information content (AvgIpc) is 2.33. The molecular weight excluding hydrogens is 252 g/mol. The van der Waals surface area contributed by atoms with Crippen molar-refractivity contribution in [1.82, 2.24) is 5.32 Å². The number of hydrogen-bond acceptors (Lipinski definition) is 4. The van der Waals surface area contributed by atoms with Crippen molar-refractivity contribution in [3.05, 3.63) is 0 Å². The molecule has 1 amide bonds. The summed E-state index contributed by atoms with van der Waals surface area (Å²) in [7, 11) is 0. The molecule has 5 nitrogen and oxygen atoms in total.